The van der Waals surface area contributed by atoms with Crippen molar-refractivity contribution >= 4 is 38.9 Å². The van der Waals surface area contributed by atoms with Gasteiger partial charge in [0.2, 0.25) is 5.91 Å². The zero-order valence-corrected chi connectivity index (χ0v) is 17.8. The molecule has 30 heavy (non-hydrogen) atoms. The summed E-state index contributed by atoms with van der Waals surface area (Å²) >= 11 is 5.75. The molecule has 1 N–H and O–H groups in total. The number of hydrogen-bond donors (Lipinski definition) is 1. The van der Waals surface area contributed by atoms with Crippen molar-refractivity contribution in [1.82, 2.24) is 0 Å². The van der Waals surface area contributed by atoms with Gasteiger partial charge in [-0.05, 0) is 54.4 Å². The second-order valence-electron chi connectivity index (χ2n) is 6.52. The number of carbonyl (C=O) groups excluding carboxylic acids is 1. The fourth-order valence-electron chi connectivity index (χ4n) is 2.84. The van der Waals surface area contributed by atoms with E-state index < -0.39 is 28.3 Å². The average Bonchev–Trinajstić information content (AvgIpc) is 2.75. The third kappa shape index (κ3) is 4.98. The van der Waals surface area contributed by atoms with Crippen LogP contribution in [0.1, 0.15) is 12.5 Å². The average molecular weight is 447 g/mol. The van der Waals surface area contributed by atoms with Gasteiger partial charge >= 0.3 is 0 Å². The van der Waals surface area contributed by atoms with E-state index in [1.807, 2.05) is 19.1 Å². The topological polar surface area (TPSA) is 66.5 Å². The Labute approximate surface area is 180 Å². The summed E-state index contributed by atoms with van der Waals surface area (Å²) in [5, 5.41) is 2.42. The molecule has 5 nitrogen and oxygen atoms in total. The van der Waals surface area contributed by atoms with E-state index in [2.05, 4.69) is 5.32 Å². The highest BCUT2D eigenvalue weighted by atomic mass is 35.5. The maximum Gasteiger partial charge on any atom is 0.264 e. The first-order valence-electron chi connectivity index (χ1n) is 9.23. The summed E-state index contributed by atoms with van der Waals surface area (Å²) in [7, 11) is -3.99. The highest BCUT2D eigenvalue weighted by molar-refractivity contribution is 7.92. The number of benzene rings is 3. The molecule has 0 radical (unpaired) electrons. The van der Waals surface area contributed by atoms with E-state index in [0.29, 0.717) is 5.69 Å². The maximum atomic E-state index is 13.3. The summed E-state index contributed by atoms with van der Waals surface area (Å²) in [6.45, 7) is 1.53. The second-order valence-corrected chi connectivity index (χ2v) is 8.79. The Morgan fingerprint density at radius 2 is 1.70 bits per heavy atom. The monoisotopic (exact) mass is 446 g/mol. The van der Waals surface area contributed by atoms with Crippen molar-refractivity contribution < 1.29 is 17.6 Å². The quantitative estimate of drug-likeness (QED) is 0.562. The van der Waals surface area contributed by atoms with Crippen LogP contribution in [0.25, 0.3) is 0 Å². The van der Waals surface area contributed by atoms with Crippen LogP contribution in [-0.2, 0) is 21.2 Å². The standard InChI is InChI=1S/C22H20ClFN2O3S/c1-2-16-8-11-18(12-9-16)26(30(28,29)19-6-4-3-5-7-19)15-22(27)25-17-10-13-21(24)20(23)14-17/h3-14H,2,15H2,1H3,(H,25,27). The van der Waals surface area contributed by atoms with Gasteiger partial charge in [-0.1, -0.05) is 48.9 Å². The Hall–Kier alpha value is -2.90. The minimum Gasteiger partial charge on any atom is -0.324 e. The number of sulfonamides is 1. The zero-order valence-electron chi connectivity index (χ0n) is 16.2. The predicted octanol–water partition coefficient (Wildman–Crippen LogP) is 4.88. The molecule has 0 heterocycles. The van der Waals surface area contributed by atoms with Gasteiger partial charge in [-0.15, -0.1) is 0 Å². The SMILES string of the molecule is CCc1ccc(N(CC(=O)Nc2ccc(F)c(Cl)c2)S(=O)(=O)c2ccccc2)cc1. The molecule has 3 rings (SSSR count). The predicted molar refractivity (Wildman–Crippen MR) is 117 cm³/mol. The number of anilines is 2. The lowest BCUT2D eigenvalue weighted by molar-refractivity contribution is -0.114. The molecule has 8 heteroatoms. The lowest BCUT2D eigenvalue weighted by Crippen LogP contribution is -2.38. The van der Waals surface area contributed by atoms with Gasteiger partial charge < -0.3 is 5.32 Å². The van der Waals surface area contributed by atoms with Gasteiger partial charge in [0.15, 0.2) is 0 Å². The summed E-state index contributed by atoms with van der Waals surface area (Å²) in [6.07, 6.45) is 0.803. The second kappa shape index (κ2) is 9.28. The lowest BCUT2D eigenvalue weighted by atomic mass is 10.1. The lowest BCUT2D eigenvalue weighted by Gasteiger charge is -2.24. The Kier molecular flexibility index (Phi) is 6.74. The van der Waals surface area contributed by atoms with E-state index in [0.717, 1.165) is 22.4 Å². The van der Waals surface area contributed by atoms with Crippen LogP contribution >= 0.6 is 11.6 Å². The number of aryl methyl sites for hydroxylation is 1. The largest absolute Gasteiger partial charge is 0.324 e. The van der Waals surface area contributed by atoms with Crippen molar-refractivity contribution in [3.63, 3.8) is 0 Å². The van der Waals surface area contributed by atoms with Gasteiger partial charge in [0.05, 0.1) is 15.6 Å². The molecule has 3 aromatic carbocycles. The first-order chi connectivity index (χ1) is 14.3. The molecule has 0 atom stereocenters. The van der Waals surface area contributed by atoms with Crippen molar-refractivity contribution in [2.24, 2.45) is 0 Å². The summed E-state index contributed by atoms with van der Waals surface area (Å²) in [4.78, 5) is 12.7. The normalized spacial score (nSPS) is 11.2. The van der Waals surface area contributed by atoms with Gasteiger partial charge in [0.1, 0.15) is 12.4 Å². The molecule has 0 fully saturated rings. The van der Waals surface area contributed by atoms with Crippen molar-refractivity contribution in [2.75, 3.05) is 16.2 Å². The van der Waals surface area contributed by atoms with Crippen LogP contribution in [0.4, 0.5) is 15.8 Å². The fourth-order valence-corrected chi connectivity index (χ4v) is 4.46. The van der Waals surface area contributed by atoms with Crippen molar-refractivity contribution in [3.05, 3.63) is 89.2 Å². The van der Waals surface area contributed by atoms with Gasteiger partial charge in [0, 0.05) is 5.69 Å². The van der Waals surface area contributed by atoms with Crippen LogP contribution in [0.2, 0.25) is 5.02 Å². The number of rotatable bonds is 7. The van der Waals surface area contributed by atoms with E-state index in [1.54, 1.807) is 30.3 Å². The number of amides is 1. The van der Waals surface area contributed by atoms with Gasteiger partial charge in [-0.2, -0.15) is 0 Å². The summed E-state index contributed by atoms with van der Waals surface area (Å²) < 4.78 is 40.9. The first-order valence-corrected chi connectivity index (χ1v) is 11.0. The smallest absolute Gasteiger partial charge is 0.264 e. The number of nitrogens with one attached hydrogen (secondary N) is 1. The van der Waals surface area contributed by atoms with Gasteiger partial charge in [-0.25, -0.2) is 12.8 Å². The van der Waals surface area contributed by atoms with E-state index in [-0.39, 0.29) is 15.6 Å². The summed E-state index contributed by atoms with van der Waals surface area (Å²) in [6, 6.07) is 18.6. The highest BCUT2D eigenvalue weighted by Crippen LogP contribution is 2.25. The van der Waals surface area contributed by atoms with E-state index in [9.17, 15) is 17.6 Å². The van der Waals surface area contributed by atoms with Gasteiger partial charge in [-0.3, -0.25) is 9.10 Å². The number of halogens is 2. The van der Waals surface area contributed by atoms with E-state index in [1.165, 1.54) is 24.3 Å². The molecule has 0 bridgehead atoms. The molecule has 0 saturated heterocycles. The van der Waals surface area contributed by atoms with Crippen LogP contribution in [0.3, 0.4) is 0 Å². The zero-order chi connectivity index (χ0) is 21.7. The minimum atomic E-state index is -3.99. The summed E-state index contributed by atoms with van der Waals surface area (Å²) in [5.41, 5.74) is 1.68. The Morgan fingerprint density at radius 3 is 2.30 bits per heavy atom. The van der Waals surface area contributed by atoms with Crippen molar-refractivity contribution in [3.8, 4) is 0 Å². The molecule has 0 saturated carbocycles. The third-order valence-corrected chi connectivity index (χ3v) is 6.53. The molecule has 0 aromatic heterocycles. The fraction of sp³-hybridized carbons (Fsp3) is 0.136. The molecule has 0 aliphatic heterocycles. The van der Waals surface area contributed by atoms with E-state index >= 15 is 0 Å². The first kappa shape index (κ1) is 21.8. The van der Waals surface area contributed by atoms with Crippen molar-refractivity contribution in [1.29, 1.82) is 0 Å². The van der Waals surface area contributed by atoms with Crippen LogP contribution < -0.4 is 9.62 Å². The van der Waals surface area contributed by atoms with Crippen LogP contribution in [-0.4, -0.2) is 20.9 Å². The van der Waals surface area contributed by atoms with Gasteiger partial charge in [0.25, 0.3) is 10.0 Å². The number of carbonyl (C=O) groups is 1. The Balaban J connectivity index is 1.92. The minimum absolute atomic E-state index is 0.0715. The van der Waals surface area contributed by atoms with Crippen molar-refractivity contribution in [2.45, 2.75) is 18.2 Å². The maximum absolute atomic E-state index is 13.3. The molecule has 1 amide bonds. The molecule has 3 aromatic rings. The van der Waals surface area contributed by atoms with Crippen LogP contribution in [0.15, 0.2) is 77.7 Å². The van der Waals surface area contributed by atoms with E-state index in [4.69, 9.17) is 11.6 Å². The molecule has 156 valence electrons. The molecule has 0 spiro atoms. The summed E-state index contributed by atoms with van der Waals surface area (Å²) in [5.74, 6) is -1.20. The molecular formula is C22H20ClFN2O3S. The Morgan fingerprint density at radius 1 is 1.03 bits per heavy atom. The van der Waals surface area contributed by atoms with Crippen LogP contribution in [0.5, 0.6) is 0 Å². The van der Waals surface area contributed by atoms with Crippen LogP contribution in [0, 0.1) is 5.82 Å². The number of hydrogen-bond acceptors (Lipinski definition) is 3. The Bertz CT molecular complexity index is 1140. The molecule has 0 unspecified atom stereocenters. The molecule has 0 aliphatic rings. The number of nitrogens with zero attached hydrogens (tertiary/aromatic N) is 1. The highest BCUT2D eigenvalue weighted by Gasteiger charge is 2.27. The molecular weight excluding hydrogens is 427 g/mol. The third-order valence-electron chi connectivity index (χ3n) is 4.45. The molecule has 0 aliphatic carbocycles.